The van der Waals surface area contributed by atoms with Gasteiger partial charge in [0, 0.05) is 23.1 Å². The molecule has 2 aromatic carbocycles. The van der Waals surface area contributed by atoms with Crippen LogP contribution < -0.4 is 9.64 Å². The minimum atomic E-state index is -0.210. The van der Waals surface area contributed by atoms with E-state index in [4.69, 9.17) is 39.5 Å². The van der Waals surface area contributed by atoms with Gasteiger partial charge in [-0.1, -0.05) is 46.1 Å². The number of hydrogen-bond donors (Lipinski definition) is 0. The summed E-state index contributed by atoms with van der Waals surface area (Å²) in [5, 5.41) is 2.10. The van der Waals surface area contributed by atoms with E-state index in [9.17, 15) is 4.79 Å². The number of rotatable bonds is 7. The van der Waals surface area contributed by atoms with E-state index >= 15 is 0 Å². The Morgan fingerprint density at radius 3 is 2.45 bits per heavy atom. The van der Waals surface area contributed by atoms with Gasteiger partial charge in [-0.05, 0) is 50.5 Å². The molecule has 10 heteroatoms. The maximum absolute atomic E-state index is 12.9. The van der Waals surface area contributed by atoms with Crippen LogP contribution in [0.5, 0.6) is 5.75 Å². The molecule has 0 N–H and O–H groups in total. The number of amides is 1. The van der Waals surface area contributed by atoms with Gasteiger partial charge in [0.1, 0.15) is 5.75 Å². The molecule has 0 bridgehead atoms. The van der Waals surface area contributed by atoms with E-state index < -0.39 is 0 Å². The first-order valence-electron chi connectivity index (χ1n) is 8.42. The minimum absolute atomic E-state index is 0. The summed E-state index contributed by atoms with van der Waals surface area (Å²) in [6, 6.07) is 10.3. The quantitative estimate of drug-likeness (QED) is 0.425. The van der Waals surface area contributed by atoms with E-state index in [1.807, 2.05) is 31.1 Å². The van der Waals surface area contributed by atoms with Gasteiger partial charge in [-0.3, -0.25) is 9.69 Å². The van der Waals surface area contributed by atoms with Crippen molar-refractivity contribution in [3.8, 4) is 5.75 Å². The normalized spacial score (nSPS) is 10.8. The topological polar surface area (TPSA) is 45.7 Å². The highest BCUT2D eigenvalue weighted by atomic mass is 35.5. The molecule has 5 nitrogen and oxygen atoms in total. The molecule has 1 aromatic heterocycles. The largest absolute Gasteiger partial charge is 0.482 e. The molecule has 0 unspecified atom stereocenters. The zero-order valence-electron chi connectivity index (χ0n) is 15.7. The molecule has 0 spiro atoms. The summed E-state index contributed by atoms with van der Waals surface area (Å²) in [5.74, 6) is 0.195. The van der Waals surface area contributed by atoms with Crippen LogP contribution in [-0.4, -0.2) is 49.6 Å². The van der Waals surface area contributed by atoms with Gasteiger partial charge in [0.15, 0.2) is 11.7 Å². The third-order valence-corrected chi connectivity index (χ3v) is 5.69. The molecular formula is C19H19Cl4N3O2S. The highest BCUT2D eigenvalue weighted by molar-refractivity contribution is 7.22. The van der Waals surface area contributed by atoms with E-state index in [0.717, 1.165) is 10.2 Å². The molecule has 29 heavy (non-hydrogen) atoms. The maximum Gasteiger partial charge on any atom is 0.266 e. The fourth-order valence-electron chi connectivity index (χ4n) is 2.44. The van der Waals surface area contributed by atoms with Crippen LogP contribution >= 0.6 is 58.5 Å². The second kappa shape index (κ2) is 10.7. The highest BCUT2D eigenvalue weighted by Crippen LogP contribution is 2.31. The summed E-state index contributed by atoms with van der Waals surface area (Å²) in [6.07, 6.45) is 0. The number of anilines is 1. The molecule has 3 rings (SSSR count). The number of ether oxygens (including phenoxy) is 1. The summed E-state index contributed by atoms with van der Waals surface area (Å²) in [5.41, 5.74) is 0.800. The van der Waals surface area contributed by atoms with E-state index in [0.29, 0.717) is 39.0 Å². The molecule has 0 aliphatic carbocycles. The van der Waals surface area contributed by atoms with Crippen molar-refractivity contribution in [3.05, 3.63) is 51.5 Å². The van der Waals surface area contributed by atoms with Crippen LogP contribution in [0.4, 0.5) is 5.13 Å². The van der Waals surface area contributed by atoms with Gasteiger partial charge in [-0.25, -0.2) is 4.98 Å². The lowest BCUT2D eigenvalue weighted by Gasteiger charge is -2.22. The average molecular weight is 495 g/mol. The smallest absolute Gasteiger partial charge is 0.266 e. The molecule has 0 saturated heterocycles. The molecule has 0 aliphatic heterocycles. The predicted molar refractivity (Wildman–Crippen MR) is 125 cm³/mol. The zero-order chi connectivity index (χ0) is 20.3. The Bertz CT molecular complexity index is 997. The number of halogens is 4. The molecule has 0 saturated carbocycles. The van der Waals surface area contributed by atoms with Crippen molar-refractivity contribution < 1.29 is 9.53 Å². The number of aromatic nitrogens is 1. The van der Waals surface area contributed by atoms with Gasteiger partial charge in [0.2, 0.25) is 0 Å². The number of carbonyl (C=O) groups excluding carboxylic acids is 1. The fraction of sp³-hybridized carbons (Fsp3) is 0.263. The lowest BCUT2D eigenvalue weighted by atomic mass is 10.3. The molecule has 156 valence electrons. The number of carbonyl (C=O) groups is 1. The highest BCUT2D eigenvalue weighted by Gasteiger charge is 2.21. The third-order valence-electron chi connectivity index (χ3n) is 3.89. The molecule has 0 aliphatic rings. The predicted octanol–water partition coefficient (Wildman–Crippen LogP) is 5.65. The van der Waals surface area contributed by atoms with Crippen LogP contribution in [0.3, 0.4) is 0 Å². The SMILES string of the molecule is CN(C)CCN(C(=O)COc1ccc(Cl)cc1Cl)c1nc2ccc(Cl)cc2s1.Cl. The maximum atomic E-state index is 12.9. The lowest BCUT2D eigenvalue weighted by Crippen LogP contribution is -2.39. The molecule has 0 radical (unpaired) electrons. The monoisotopic (exact) mass is 493 g/mol. The van der Waals surface area contributed by atoms with Crippen molar-refractivity contribution in [3.63, 3.8) is 0 Å². The van der Waals surface area contributed by atoms with Crippen LogP contribution in [0, 0.1) is 0 Å². The standard InChI is InChI=1S/C19H18Cl3N3O2S.ClH/c1-24(2)7-8-25(19-23-15-5-3-13(21)10-17(15)28-19)18(26)11-27-16-6-4-12(20)9-14(16)22;/h3-6,9-10H,7-8,11H2,1-2H3;1H. The van der Waals surface area contributed by atoms with Gasteiger partial charge >= 0.3 is 0 Å². The number of likely N-dealkylation sites (N-methyl/N-ethyl adjacent to an activating group) is 1. The molecule has 0 fully saturated rings. The Morgan fingerprint density at radius 1 is 1.07 bits per heavy atom. The first-order valence-corrected chi connectivity index (χ1v) is 10.4. The molecule has 0 atom stereocenters. The Hall–Kier alpha value is -1.28. The zero-order valence-corrected chi connectivity index (χ0v) is 19.6. The summed E-state index contributed by atoms with van der Waals surface area (Å²) in [6.45, 7) is 1.01. The van der Waals surface area contributed by atoms with Gasteiger partial charge in [0.25, 0.3) is 5.91 Å². The van der Waals surface area contributed by atoms with Crippen LogP contribution in [0.2, 0.25) is 15.1 Å². The van der Waals surface area contributed by atoms with Crippen LogP contribution in [0.1, 0.15) is 0 Å². The van der Waals surface area contributed by atoms with Gasteiger partial charge in [0.05, 0.1) is 15.2 Å². The van der Waals surface area contributed by atoms with E-state index in [1.54, 1.807) is 29.2 Å². The number of thiazole rings is 1. The second-order valence-electron chi connectivity index (χ2n) is 6.32. The van der Waals surface area contributed by atoms with Gasteiger partial charge in [-0.15, -0.1) is 12.4 Å². The van der Waals surface area contributed by atoms with E-state index in [1.165, 1.54) is 11.3 Å². The third kappa shape index (κ3) is 6.35. The molecular weight excluding hydrogens is 476 g/mol. The minimum Gasteiger partial charge on any atom is -0.482 e. The van der Waals surface area contributed by atoms with Crippen LogP contribution in [0.15, 0.2) is 36.4 Å². The number of nitrogens with zero attached hydrogens (tertiary/aromatic N) is 3. The van der Waals surface area contributed by atoms with Crippen molar-refractivity contribution in [2.24, 2.45) is 0 Å². The van der Waals surface area contributed by atoms with Crippen LogP contribution in [-0.2, 0) is 4.79 Å². The average Bonchev–Trinajstić information content (AvgIpc) is 3.03. The Kier molecular flexibility index (Phi) is 8.82. The van der Waals surface area contributed by atoms with Crippen molar-refractivity contribution in [2.75, 3.05) is 38.7 Å². The first kappa shape index (κ1) is 24.0. The van der Waals surface area contributed by atoms with E-state index in [-0.39, 0.29) is 24.9 Å². The summed E-state index contributed by atoms with van der Waals surface area (Å²) >= 11 is 19.5. The molecule has 3 aromatic rings. The van der Waals surface area contributed by atoms with Crippen molar-refractivity contribution in [1.82, 2.24) is 9.88 Å². The lowest BCUT2D eigenvalue weighted by molar-refractivity contribution is -0.120. The Labute approximate surface area is 194 Å². The number of benzene rings is 2. The Balaban J connectivity index is 0.00000300. The van der Waals surface area contributed by atoms with E-state index in [2.05, 4.69) is 4.98 Å². The summed E-state index contributed by atoms with van der Waals surface area (Å²) in [4.78, 5) is 21.1. The second-order valence-corrected chi connectivity index (χ2v) is 8.61. The van der Waals surface area contributed by atoms with Crippen molar-refractivity contribution in [2.45, 2.75) is 0 Å². The fourth-order valence-corrected chi connectivity index (χ4v) is 4.19. The summed E-state index contributed by atoms with van der Waals surface area (Å²) < 4.78 is 6.54. The van der Waals surface area contributed by atoms with Gasteiger partial charge in [-0.2, -0.15) is 0 Å². The molecule has 1 amide bonds. The Morgan fingerprint density at radius 2 is 1.76 bits per heavy atom. The van der Waals surface area contributed by atoms with Crippen molar-refractivity contribution >= 4 is 79.8 Å². The number of fused-ring (bicyclic) bond motifs is 1. The first-order chi connectivity index (χ1) is 13.3. The van der Waals surface area contributed by atoms with Crippen molar-refractivity contribution in [1.29, 1.82) is 0 Å². The molecule has 1 heterocycles. The van der Waals surface area contributed by atoms with Crippen LogP contribution in [0.25, 0.3) is 10.2 Å². The summed E-state index contributed by atoms with van der Waals surface area (Å²) in [7, 11) is 3.90. The van der Waals surface area contributed by atoms with Gasteiger partial charge < -0.3 is 9.64 Å². The number of hydrogen-bond acceptors (Lipinski definition) is 5.